The molecule has 0 radical (unpaired) electrons. The fourth-order valence-corrected chi connectivity index (χ4v) is 4.47. The Hall–Kier alpha value is -3.85. The molecular formula is C24H24N4O4S. The summed E-state index contributed by atoms with van der Waals surface area (Å²) >= 11 is 0. The van der Waals surface area contributed by atoms with Crippen molar-refractivity contribution in [1.82, 2.24) is 14.5 Å². The maximum absolute atomic E-state index is 13.2. The molecule has 1 N–H and O–H groups in total. The quantitative estimate of drug-likeness (QED) is 0.348. The Morgan fingerprint density at radius 2 is 1.88 bits per heavy atom. The number of nitrogens with zero attached hydrogens (tertiary/aromatic N) is 3. The number of rotatable bonds is 10. The maximum Gasteiger partial charge on any atom is 0.233 e. The van der Waals surface area contributed by atoms with Gasteiger partial charge in [0.25, 0.3) is 0 Å². The second-order valence-corrected chi connectivity index (χ2v) is 9.06. The third-order valence-electron chi connectivity index (χ3n) is 4.89. The molecule has 0 amide bonds. The molecule has 2 heterocycles. The summed E-state index contributed by atoms with van der Waals surface area (Å²) in [5, 5.41) is 2.96. The van der Waals surface area contributed by atoms with E-state index in [1.54, 1.807) is 62.1 Å². The van der Waals surface area contributed by atoms with E-state index in [4.69, 9.17) is 9.15 Å². The molecule has 0 atom stereocenters. The Kier molecular flexibility index (Phi) is 6.89. The van der Waals surface area contributed by atoms with Gasteiger partial charge in [-0.25, -0.2) is 13.4 Å². The standard InChI is InChI=1S/C24H24N4O4S/c1-31-20-11-8-19(9-12-20)10-13-22-27-24(33(29,30)21-6-3-2-4-7-21)23(32-22)26-14-5-16-28-17-15-25-18-28/h2-4,6-13,15,17-18,26H,5,14,16H2,1H3/b13-10+. The van der Waals surface area contributed by atoms with Crippen molar-refractivity contribution in [3.8, 4) is 5.75 Å². The summed E-state index contributed by atoms with van der Waals surface area (Å²) in [4.78, 5) is 8.47. The minimum absolute atomic E-state index is 0.124. The van der Waals surface area contributed by atoms with Crippen LogP contribution < -0.4 is 10.1 Å². The molecule has 0 spiro atoms. The van der Waals surface area contributed by atoms with Crippen LogP contribution in [-0.4, -0.2) is 36.6 Å². The van der Waals surface area contributed by atoms with E-state index in [0.717, 1.165) is 24.3 Å². The van der Waals surface area contributed by atoms with E-state index in [9.17, 15) is 8.42 Å². The average Bonchev–Trinajstić information content (AvgIpc) is 3.52. The van der Waals surface area contributed by atoms with Gasteiger partial charge in [0.1, 0.15) is 5.75 Å². The minimum Gasteiger partial charge on any atom is -0.497 e. The molecule has 8 nitrogen and oxygen atoms in total. The average molecular weight is 465 g/mol. The van der Waals surface area contributed by atoms with Crippen LogP contribution in [0.2, 0.25) is 0 Å². The first-order valence-corrected chi connectivity index (χ1v) is 11.9. The lowest BCUT2D eigenvalue weighted by Gasteiger charge is -2.06. The van der Waals surface area contributed by atoms with E-state index in [2.05, 4.69) is 15.3 Å². The molecule has 0 aliphatic rings. The molecule has 0 aliphatic heterocycles. The molecule has 0 saturated heterocycles. The molecule has 170 valence electrons. The van der Waals surface area contributed by atoms with Crippen molar-refractivity contribution < 1.29 is 17.6 Å². The number of nitrogens with one attached hydrogen (secondary N) is 1. The van der Waals surface area contributed by atoms with E-state index in [0.29, 0.717) is 6.54 Å². The van der Waals surface area contributed by atoms with Crippen LogP contribution in [0.4, 0.5) is 5.88 Å². The van der Waals surface area contributed by atoms with Crippen LogP contribution in [0, 0.1) is 0 Å². The molecule has 0 unspecified atom stereocenters. The number of aryl methyl sites for hydroxylation is 1. The van der Waals surface area contributed by atoms with E-state index in [-0.39, 0.29) is 21.7 Å². The molecule has 0 aliphatic carbocycles. The number of anilines is 1. The number of benzene rings is 2. The van der Waals surface area contributed by atoms with Crippen molar-refractivity contribution in [3.63, 3.8) is 0 Å². The summed E-state index contributed by atoms with van der Waals surface area (Å²) in [5.41, 5.74) is 0.899. The first-order chi connectivity index (χ1) is 16.1. The lowest BCUT2D eigenvalue weighted by molar-refractivity contribution is 0.415. The summed E-state index contributed by atoms with van der Waals surface area (Å²) in [7, 11) is -2.25. The molecule has 2 aromatic heterocycles. The number of hydrogen-bond donors (Lipinski definition) is 1. The number of oxazole rings is 1. The molecule has 0 fully saturated rings. The Bertz CT molecular complexity index is 1300. The largest absolute Gasteiger partial charge is 0.497 e. The number of aromatic nitrogens is 3. The minimum atomic E-state index is -3.85. The maximum atomic E-state index is 13.2. The van der Waals surface area contributed by atoms with Gasteiger partial charge >= 0.3 is 0 Å². The van der Waals surface area contributed by atoms with Gasteiger partial charge in [-0.2, -0.15) is 4.98 Å². The van der Waals surface area contributed by atoms with Gasteiger partial charge in [0, 0.05) is 31.6 Å². The summed E-state index contributed by atoms with van der Waals surface area (Å²) in [6.45, 7) is 1.25. The molecule has 33 heavy (non-hydrogen) atoms. The van der Waals surface area contributed by atoms with Crippen LogP contribution in [0.3, 0.4) is 0 Å². The highest BCUT2D eigenvalue weighted by Crippen LogP contribution is 2.29. The number of ether oxygens (including phenoxy) is 1. The van der Waals surface area contributed by atoms with Crippen molar-refractivity contribution in [1.29, 1.82) is 0 Å². The van der Waals surface area contributed by atoms with Crippen molar-refractivity contribution >= 4 is 27.9 Å². The van der Waals surface area contributed by atoms with Gasteiger partial charge in [0.15, 0.2) is 0 Å². The van der Waals surface area contributed by atoms with Gasteiger partial charge in [0.05, 0.1) is 18.3 Å². The Balaban J connectivity index is 1.57. The summed E-state index contributed by atoms with van der Waals surface area (Å²) < 4.78 is 39.4. The molecule has 9 heteroatoms. The normalized spacial score (nSPS) is 11.7. The lowest BCUT2D eigenvalue weighted by atomic mass is 10.2. The zero-order chi connectivity index (χ0) is 23.1. The monoisotopic (exact) mass is 464 g/mol. The lowest BCUT2D eigenvalue weighted by Crippen LogP contribution is -2.09. The molecule has 4 aromatic rings. The van der Waals surface area contributed by atoms with E-state index >= 15 is 0 Å². The van der Waals surface area contributed by atoms with Gasteiger partial charge in [-0.15, -0.1) is 0 Å². The molecule has 0 saturated carbocycles. The van der Waals surface area contributed by atoms with E-state index < -0.39 is 9.84 Å². The predicted octanol–water partition coefficient (Wildman–Crippen LogP) is 4.39. The van der Waals surface area contributed by atoms with Gasteiger partial charge in [-0.05, 0) is 42.3 Å². The number of imidazole rings is 1. The van der Waals surface area contributed by atoms with Crippen LogP contribution in [0.1, 0.15) is 17.9 Å². The zero-order valence-corrected chi connectivity index (χ0v) is 18.9. The predicted molar refractivity (Wildman–Crippen MR) is 126 cm³/mol. The number of sulfone groups is 1. The van der Waals surface area contributed by atoms with Crippen molar-refractivity contribution in [2.45, 2.75) is 22.9 Å². The van der Waals surface area contributed by atoms with Gasteiger partial charge in [-0.1, -0.05) is 30.3 Å². The first-order valence-electron chi connectivity index (χ1n) is 10.4. The third-order valence-corrected chi connectivity index (χ3v) is 6.57. The first kappa shape index (κ1) is 22.3. The van der Waals surface area contributed by atoms with Crippen molar-refractivity contribution in [2.24, 2.45) is 0 Å². The second kappa shape index (κ2) is 10.2. The molecular weight excluding hydrogens is 440 g/mol. The Morgan fingerprint density at radius 1 is 1.09 bits per heavy atom. The SMILES string of the molecule is COc1ccc(/C=C/c2nc(S(=O)(=O)c3ccccc3)c(NCCCn3ccnc3)o2)cc1. The Labute approximate surface area is 192 Å². The van der Waals surface area contributed by atoms with Crippen molar-refractivity contribution in [3.05, 3.63) is 84.8 Å². The van der Waals surface area contributed by atoms with Crippen LogP contribution in [0.25, 0.3) is 12.2 Å². The summed E-state index contributed by atoms with van der Waals surface area (Å²) in [5.74, 6) is 1.07. The van der Waals surface area contributed by atoms with Crippen molar-refractivity contribution in [2.75, 3.05) is 19.0 Å². The number of methoxy groups -OCH3 is 1. The van der Waals surface area contributed by atoms with Crippen LogP contribution in [0.15, 0.2) is 87.7 Å². The third kappa shape index (κ3) is 5.50. The Morgan fingerprint density at radius 3 is 2.58 bits per heavy atom. The van der Waals surface area contributed by atoms with E-state index in [1.165, 1.54) is 0 Å². The van der Waals surface area contributed by atoms with Crippen LogP contribution >= 0.6 is 0 Å². The molecule has 4 rings (SSSR count). The topological polar surface area (TPSA) is 99.2 Å². The van der Waals surface area contributed by atoms with Gasteiger partial charge < -0.3 is 19.0 Å². The van der Waals surface area contributed by atoms with Gasteiger partial charge in [0.2, 0.25) is 26.6 Å². The van der Waals surface area contributed by atoms with Crippen LogP contribution in [0.5, 0.6) is 5.75 Å². The summed E-state index contributed by atoms with van der Waals surface area (Å²) in [6, 6.07) is 15.6. The highest BCUT2D eigenvalue weighted by molar-refractivity contribution is 7.91. The van der Waals surface area contributed by atoms with Crippen LogP contribution in [-0.2, 0) is 16.4 Å². The fraction of sp³-hybridized carbons (Fsp3) is 0.167. The smallest absolute Gasteiger partial charge is 0.233 e. The van der Waals surface area contributed by atoms with E-state index in [1.807, 2.05) is 35.0 Å². The second-order valence-electron chi connectivity index (χ2n) is 7.19. The highest BCUT2D eigenvalue weighted by Gasteiger charge is 2.27. The highest BCUT2D eigenvalue weighted by atomic mass is 32.2. The number of hydrogen-bond acceptors (Lipinski definition) is 7. The molecule has 0 bridgehead atoms. The summed E-state index contributed by atoms with van der Waals surface area (Å²) in [6.07, 6.45) is 9.52. The zero-order valence-electron chi connectivity index (χ0n) is 18.1. The fourth-order valence-electron chi connectivity index (χ4n) is 3.16. The van der Waals surface area contributed by atoms with Gasteiger partial charge in [-0.3, -0.25) is 0 Å². The molecule has 2 aromatic carbocycles.